The van der Waals surface area contributed by atoms with Crippen molar-refractivity contribution in [2.24, 2.45) is 0 Å². The number of sulfonamides is 1. The topological polar surface area (TPSA) is 86.8 Å². The lowest BCUT2D eigenvalue weighted by atomic mass is 10.0. The van der Waals surface area contributed by atoms with Crippen LogP contribution in [-0.2, 0) is 26.2 Å². The first-order valence-corrected chi connectivity index (χ1v) is 15.0. The van der Waals surface area contributed by atoms with Gasteiger partial charge in [0.2, 0.25) is 21.8 Å². The number of rotatable bonds is 12. The SMILES string of the molecule is CCC(C)NC(=O)C(CC)N(Cc1ccc(Cl)c(Cl)c1)C(=O)CN(c1ccc(C(C)C)cc1)S(C)(=O)=O. The second kappa shape index (κ2) is 13.5. The van der Waals surface area contributed by atoms with E-state index in [1.807, 2.05) is 46.8 Å². The fraction of sp³-hybridized carbons (Fsp3) is 0.481. The fourth-order valence-electron chi connectivity index (χ4n) is 3.83. The summed E-state index contributed by atoms with van der Waals surface area (Å²) < 4.78 is 26.6. The summed E-state index contributed by atoms with van der Waals surface area (Å²) in [5.74, 6) is -0.522. The summed E-state index contributed by atoms with van der Waals surface area (Å²) in [6.07, 6.45) is 2.14. The lowest BCUT2D eigenvalue weighted by Crippen LogP contribution is -2.53. The molecule has 0 aliphatic rings. The van der Waals surface area contributed by atoms with Crippen molar-refractivity contribution < 1.29 is 18.0 Å². The number of hydrogen-bond acceptors (Lipinski definition) is 4. The first-order chi connectivity index (χ1) is 17.3. The van der Waals surface area contributed by atoms with Crippen LogP contribution in [0.1, 0.15) is 64.5 Å². The molecule has 0 aliphatic heterocycles. The minimum absolute atomic E-state index is 0.0616. The lowest BCUT2D eigenvalue weighted by molar-refractivity contribution is -0.140. The highest BCUT2D eigenvalue weighted by atomic mass is 35.5. The van der Waals surface area contributed by atoms with Crippen LogP contribution in [0.25, 0.3) is 0 Å². The quantitative estimate of drug-likeness (QED) is 0.360. The zero-order valence-electron chi connectivity index (χ0n) is 22.3. The van der Waals surface area contributed by atoms with Gasteiger partial charge in [-0.05, 0) is 61.1 Å². The van der Waals surface area contributed by atoms with Crippen molar-refractivity contribution in [2.45, 2.75) is 72.0 Å². The normalized spacial score (nSPS) is 13.2. The van der Waals surface area contributed by atoms with Crippen molar-refractivity contribution in [1.29, 1.82) is 0 Å². The Morgan fingerprint density at radius 3 is 2.05 bits per heavy atom. The number of amides is 2. The zero-order chi connectivity index (χ0) is 27.9. The van der Waals surface area contributed by atoms with Gasteiger partial charge in [0.05, 0.1) is 22.0 Å². The van der Waals surface area contributed by atoms with Crippen molar-refractivity contribution in [3.8, 4) is 0 Å². The molecule has 0 aromatic heterocycles. The largest absolute Gasteiger partial charge is 0.352 e. The summed E-state index contributed by atoms with van der Waals surface area (Å²) in [5.41, 5.74) is 2.11. The number of halogens is 2. The second-order valence-electron chi connectivity index (χ2n) is 9.53. The predicted octanol–water partition coefficient (Wildman–Crippen LogP) is 5.60. The van der Waals surface area contributed by atoms with Gasteiger partial charge in [0, 0.05) is 12.6 Å². The maximum atomic E-state index is 13.7. The van der Waals surface area contributed by atoms with Gasteiger partial charge in [-0.2, -0.15) is 0 Å². The van der Waals surface area contributed by atoms with Crippen LogP contribution < -0.4 is 9.62 Å². The second-order valence-corrected chi connectivity index (χ2v) is 12.2. The van der Waals surface area contributed by atoms with Gasteiger partial charge in [0.15, 0.2) is 0 Å². The molecule has 2 unspecified atom stereocenters. The molecule has 10 heteroatoms. The highest BCUT2D eigenvalue weighted by molar-refractivity contribution is 7.92. The van der Waals surface area contributed by atoms with E-state index in [0.717, 1.165) is 22.5 Å². The van der Waals surface area contributed by atoms with Crippen LogP contribution in [0.3, 0.4) is 0 Å². The maximum absolute atomic E-state index is 13.7. The van der Waals surface area contributed by atoms with E-state index in [9.17, 15) is 18.0 Å². The maximum Gasteiger partial charge on any atom is 0.244 e. The molecular weight excluding hydrogens is 533 g/mol. The lowest BCUT2D eigenvalue weighted by Gasteiger charge is -2.33. The molecule has 1 N–H and O–H groups in total. The third-order valence-corrected chi connectivity index (χ3v) is 8.13. The Balaban J connectivity index is 2.46. The highest BCUT2D eigenvalue weighted by Gasteiger charge is 2.32. The summed E-state index contributed by atoms with van der Waals surface area (Å²) in [4.78, 5) is 28.3. The van der Waals surface area contributed by atoms with Crippen molar-refractivity contribution in [2.75, 3.05) is 17.1 Å². The molecule has 0 fully saturated rings. The van der Waals surface area contributed by atoms with E-state index in [4.69, 9.17) is 23.2 Å². The third kappa shape index (κ3) is 8.62. The van der Waals surface area contributed by atoms with Crippen molar-refractivity contribution in [3.63, 3.8) is 0 Å². The number of nitrogens with zero attached hydrogens (tertiary/aromatic N) is 2. The predicted molar refractivity (Wildman–Crippen MR) is 152 cm³/mol. The van der Waals surface area contributed by atoms with Crippen LogP contribution in [0.2, 0.25) is 10.0 Å². The molecule has 2 aromatic rings. The number of carbonyl (C=O) groups is 2. The van der Waals surface area contributed by atoms with E-state index < -0.39 is 28.5 Å². The van der Waals surface area contributed by atoms with Crippen LogP contribution in [0.15, 0.2) is 42.5 Å². The van der Waals surface area contributed by atoms with E-state index >= 15 is 0 Å². The number of carbonyl (C=O) groups excluding carboxylic acids is 2. The molecule has 0 saturated carbocycles. The number of benzene rings is 2. The van der Waals surface area contributed by atoms with Gasteiger partial charge in [-0.15, -0.1) is 0 Å². The highest BCUT2D eigenvalue weighted by Crippen LogP contribution is 2.25. The molecule has 0 aliphatic carbocycles. The van der Waals surface area contributed by atoms with Gasteiger partial charge >= 0.3 is 0 Å². The van der Waals surface area contributed by atoms with E-state index in [2.05, 4.69) is 5.32 Å². The average Bonchev–Trinajstić information content (AvgIpc) is 2.83. The van der Waals surface area contributed by atoms with Crippen LogP contribution in [0, 0.1) is 0 Å². The van der Waals surface area contributed by atoms with Crippen LogP contribution in [0.4, 0.5) is 5.69 Å². The number of anilines is 1. The molecule has 7 nitrogen and oxygen atoms in total. The van der Waals surface area contributed by atoms with Crippen molar-refractivity contribution in [3.05, 3.63) is 63.6 Å². The molecule has 0 heterocycles. The molecule has 0 bridgehead atoms. The first kappa shape index (κ1) is 30.9. The van der Waals surface area contributed by atoms with Crippen LogP contribution in [0.5, 0.6) is 0 Å². The van der Waals surface area contributed by atoms with Gasteiger partial charge < -0.3 is 10.2 Å². The molecule has 0 spiro atoms. The summed E-state index contributed by atoms with van der Waals surface area (Å²) in [6, 6.07) is 11.2. The van der Waals surface area contributed by atoms with E-state index in [-0.39, 0.29) is 24.4 Å². The smallest absolute Gasteiger partial charge is 0.244 e. The number of hydrogen-bond donors (Lipinski definition) is 1. The minimum Gasteiger partial charge on any atom is -0.352 e. The van der Waals surface area contributed by atoms with Crippen molar-refractivity contribution >= 4 is 50.7 Å². The van der Waals surface area contributed by atoms with Crippen molar-refractivity contribution in [1.82, 2.24) is 10.2 Å². The summed E-state index contributed by atoms with van der Waals surface area (Å²) in [6.45, 7) is 9.36. The Hall–Kier alpha value is -2.29. The van der Waals surface area contributed by atoms with E-state index in [1.165, 1.54) is 4.90 Å². The van der Waals surface area contributed by atoms with Crippen LogP contribution in [-0.4, -0.2) is 50.0 Å². The number of nitrogens with one attached hydrogen (secondary N) is 1. The van der Waals surface area contributed by atoms with E-state index in [1.54, 1.807) is 30.3 Å². The zero-order valence-corrected chi connectivity index (χ0v) is 24.6. The first-order valence-electron chi connectivity index (χ1n) is 12.4. The Bertz CT molecular complexity index is 1190. The molecule has 0 saturated heterocycles. The summed E-state index contributed by atoms with van der Waals surface area (Å²) >= 11 is 12.3. The molecule has 2 aromatic carbocycles. The average molecular weight is 571 g/mol. The fourth-order valence-corrected chi connectivity index (χ4v) is 5.00. The standard InChI is InChI=1S/C27H37Cl2N3O4S/c1-7-19(5)30-27(34)25(8-2)31(16-20-9-14-23(28)24(29)15-20)26(33)17-32(37(6,35)36)22-12-10-21(11-13-22)18(3)4/h9-15,18-19,25H,7-8,16-17H2,1-6H3,(H,30,34). The molecule has 2 atom stereocenters. The molecule has 37 heavy (non-hydrogen) atoms. The Morgan fingerprint density at radius 1 is 0.946 bits per heavy atom. The monoisotopic (exact) mass is 569 g/mol. The van der Waals surface area contributed by atoms with Gasteiger partial charge in [0.25, 0.3) is 0 Å². The molecular formula is C27H37Cl2N3O4S. The Kier molecular flexibility index (Phi) is 11.3. The van der Waals surface area contributed by atoms with Gasteiger partial charge in [-0.3, -0.25) is 13.9 Å². The third-order valence-electron chi connectivity index (χ3n) is 6.25. The van der Waals surface area contributed by atoms with Gasteiger partial charge in [-0.1, -0.05) is 69.1 Å². The molecule has 0 radical (unpaired) electrons. The van der Waals surface area contributed by atoms with Crippen LogP contribution >= 0.6 is 23.2 Å². The Morgan fingerprint density at radius 2 is 1.57 bits per heavy atom. The molecule has 204 valence electrons. The van der Waals surface area contributed by atoms with Gasteiger partial charge in [0.1, 0.15) is 12.6 Å². The minimum atomic E-state index is -3.79. The summed E-state index contributed by atoms with van der Waals surface area (Å²) in [7, 11) is -3.79. The molecule has 2 rings (SSSR count). The summed E-state index contributed by atoms with van der Waals surface area (Å²) in [5, 5.41) is 3.64. The molecule has 2 amide bonds. The van der Waals surface area contributed by atoms with Gasteiger partial charge in [-0.25, -0.2) is 8.42 Å². The Labute approximate surface area is 231 Å². The van der Waals surface area contributed by atoms with E-state index in [0.29, 0.717) is 27.7 Å².